The summed E-state index contributed by atoms with van der Waals surface area (Å²) in [6.07, 6.45) is -1.05. The Morgan fingerprint density at radius 1 is 1.03 bits per heavy atom. The Morgan fingerprint density at radius 2 is 1.77 bits per heavy atom. The van der Waals surface area contributed by atoms with Crippen LogP contribution in [0, 0.1) is 0 Å². The van der Waals surface area contributed by atoms with Gasteiger partial charge in [-0.1, -0.05) is 18.2 Å². The topological polar surface area (TPSA) is 112 Å². The molecule has 1 atom stereocenters. The number of rotatable bonds is 8. The Kier molecular flexibility index (Phi) is 7.09. The summed E-state index contributed by atoms with van der Waals surface area (Å²) >= 11 is 0. The standard InChI is InChI=1S/C21H22N2O7/c1-14(21(26)23-15-7-8-17-18(11-15)28-10-9-27-17)30-20(25)12-22-19(24)13-29-16-5-3-2-4-6-16/h2-8,11,14H,9-10,12-13H2,1H3,(H,22,24)(H,23,26). The minimum Gasteiger partial charge on any atom is -0.486 e. The van der Waals surface area contributed by atoms with Gasteiger partial charge in [0.1, 0.15) is 25.5 Å². The van der Waals surface area contributed by atoms with Gasteiger partial charge in [-0.15, -0.1) is 0 Å². The molecule has 2 N–H and O–H groups in total. The van der Waals surface area contributed by atoms with Crippen molar-refractivity contribution < 1.29 is 33.3 Å². The minimum atomic E-state index is -1.05. The van der Waals surface area contributed by atoms with E-state index in [1.807, 2.05) is 6.07 Å². The SMILES string of the molecule is CC(OC(=O)CNC(=O)COc1ccccc1)C(=O)Nc1ccc2c(c1)OCCO2. The maximum Gasteiger partial charge on any atom is 0.326 e. The number of ether oxygens (including phenoxy) is 4. The minimum absolute atomic E-state index is 0.239. The predicted octanol–water partition coefficient (Wildman–Crippen LogP) is 1.52. The molecule has 30 heavy (non-hydrogen) atoms. The highest BCUT2D eigenvalue weighted by Gasteiger charge is 2.20. The van der Waals surface area contributed by atoms with Crippen molar-refractivity contribution in [2.75, 3.05) is 31.7 Å². The smallest absolute Gasteiger partial charge is 0.326 e. The molecule has 0 saturated carbocycles. The number of fused-ring (bicyclic) bond motifs is 1. The van der Waals surface area contributed by atoms with E-state index in [1.165, 1.54) is 6.92 Å². The third-order valence-electron chi connectivity index (χ3n) is 4.03. The largest absolute Gasteiger partial charge is 0.486 e. The molecule has 9 heteroatoms. The highest BCUT2D eigenvalue weighted by atomic mass is 16.6. The first-order valence-electron chi connectivity index (χ1n) is 9.36. The quantitative estimate of drug-likeness (QED) is 0.630. The van der Waals surface area contributed by atoms with E-state index in [-0.39, 0.29) is 13.2 Å². The number of carbonyl (C=O) groups excluding carboxylic acids is 3. The first kappa shape index (κ1) is 21.0. The molecule has 2 aromatic carbocycles. The van der Waals surface area contributed by atoms with Gasteiger partial charge >= 0.3 is 5.97 Å². The summed E-state index contributed by atoms with van der Waals surface area (Å²) < 4.78 is 21.2. The van der Waals surface area contributed by atoms with E-state index < -0.39 is 23.9 Å². The van der Waals surface area contributed by atoms with Crippen molar-refractivity contribution >= 4 is 23.5 Å². The summed E-state index contributed by atoms with van der Waals surface area (Å²) in [7, 11) is 0. The zero-order valence-electron chi connectivity index (χ0n) is 16.4. The summed E-state index contributed by atoms with van der Waals surface area (Å²) in [4.78, 5) is 35.9. The molecule has 0 aliphatic carbocycles. The Balaban J connectivity index is 1.39. The predicted molar refractivity (Wildman–Crippen MR) is 107 cm³/mol. The molecule has 1 aliphatic rings. The van der Waals surface area contributed by atoms with Crippen LogP contribution in [0.3, 0.4) is 0 Å². The molecule has 3 rings (SSSR count). The summed E-state index contributed by atoms with van der Waals surface area (Å²) in [6.45, 7) is 1.72. The van der Waals surface area contributed by atoms with Crippen molar-refractivity contribution in [1.82, 2.24) is 5.32 Å². The normalized spacial score (nSPS) is 13.0. The van der Waals surface area contributed by atoms with Gasteiger partial charge in [-0.2, -0.15) is 0 Å². The molecule has 0 fully saturated rings. The molecule has 0 aromatic heterocycles. The zero-order valence-corrected chi connectivity index (χ0v) is 16.4. The number of amides is 2. The van der Waals surface area contributed by atoms with Gasteiger partial charge in [0.2, 0.25) is 0 Å². The molecule has 158 valence electrons. The van der Waals surface area contributed by atoms with Crippen molar-refractivity contribution in [1.29, 1.82) is 0 Å². The van der Waals surface area contributed by atoms with Gasteiger partial charge in [0.25, 0.3) is 11.8 Å². The second-order valence-corrected chi connectivity index (χ2v) is 6.36. The molecular formula is C21H22N2O7. The summed E-state index contributed by atoms with van der Waals surface area (Å²) in [5, 5.41) is 5.02. The number of hydrogen-bond acceptors (Lipinski definition) is 7. The fourth-order valence-corrected chi connectivity index (χ4v) is 2.54. The lowest BCUT2D eigenvalue weighted by Crippen LogP contribution is -2.37. The molecular weight excluding hydrogens is 392 g/mol. The molecule has 1 aliphatic heterocycles. The van der Waals surface area contributed by atoms with E-state index >= 15 is 0 Å². The first-order valence-corrected chi connectivity index (χ1v) is 9.36. The average molecular weight is 414 g/mol. The second kappa shape index (κ2) is 10.1. The van der Waals surface area contributed by atoms with E-state index in [0.717, 1.165) is 0 Å². The second-order valence-electron chi connectivity index (χ2n) is 6.36. The molecule has 0 bridgehead atoms. The van der Waals surface area contributed by atoms with Crippen molar-refractivity contribution in [2.24, 2.45) is 0 Å². The fraction of sp³-hybridized carbons (Fsp3) is 0.286. The van der Waals surface area contributed by atoms with Crippen LogP contribution in [0.25, 0.3) is 0 Å². The van der Waals surface area contributed by atoms with Gasteiger partial charge in [-0.05, 0) is 31.2 Å². The number of esters is 1. The van der Waals surface area contributed by atoms with Crippen LogP contribution in [-0.4, -0.2) is 50.3 Å². The highest BCUT2D eigenvalue weighted by Crippen LogP contribution is 2.32. The van der Waals surface area contributed by atoms with Crippen molar-refractivity contribution in [2.45, 2.75) is 13.0 Å². The van der Waals surface area contributed by atoms with Crippen molar-refractivity contribution in [3.05, 3.63) is 48.5 Å². The van der Waals surface area contributed by atoms with Crippen molar-refractivity contribution in [3.63, 3.8) is 0 Å². The molecule has 2 amide bonds. The van der Waals surface area contributed by atoms with Gasteiger partial charge in [-0.3, -0.25) is 14.4 Å². The van der Waals surface area contributed by atoms with Gasteiger partial charge in [0, 0.05) is 11.8 Å². The fourth-order valence-electron chi connectivity index (χ4n) is 2.54. The molecule has 0 saturated heterocycles. The number of para-hydroxylation sites is 1. The maximum atomic E-state index is 12.2. The van der Waals surface area contributed by atoms with Crippen LogP contribution < -0.4 is 24.8 Å². The van der Waals surface area contributed by atoms with Gasteiger partial charge < -0.3 is 29.6 Å². The van der Waals surface area contributed by atoms with E-state index in [9.17, 15) is 14.4 Å². The molecule has 1 heterocycles. The van der Waals surface area contributed by atoms with E-state index in [4.69, 9.17) is 18.9 Å². The number of anilines is 1. The average Bonchev–Trinajstić information content (AvgIpc) is 2.76. The number of nitrogens with one attached hydrogen (secondary N) is 2. The third kappa shape index (κ3) is 6.13. The van der Waals surface area contributed by atoms with Crippen LogP contribution in [0.4, 0.5) is 5.69 Å². The molecule has 0 spiro atoms. The van der Waals surface area contributed by atoms with E-state index in [2.05, 4.69) is 10.6 Å². The first-order chi connectivity index (χ1) is 14.5. The molecule has 9 nitrogen and oxygen atoms in total. The van der Waals surface area contributed by atoms with E-state index in [1.54, 1.807) is 42.5 Å². The Hall–Kier alpha value is -3.75. The van der Waals surface area contributed by atoms with Crippen LogP contribution in [0.2, 0.25) is 0 Å². The molecule has 0 radical (unpaired) electrons. The zero-order chi connectivity index (χ0) is 21.3. The number of benzene rings is 2. The Morgan fingerprint density at radius 3 is 2.53 bits per heavy atom. The molecule has 1 unspecified atom stereocenters. The summed E-state index contributed by atoms with van der Waals surface area (Å²) in [5.41, 5.74) is 0.485. The van der Waals surface area contributed by atoms with Gasteiger partial charge in [-0.25, -0.2) is 0 Å². The lowest BCUT2D eigenvalue weighted by atomic mass is 10.2. The third-order valence-corrected chi connectivity index (χ3v) is 4.03. The van der Waals surface area contributed by atoms with Gasteiger partial charge in [0.05, 0.1) is 0 Å². The summed E-state index contributed by atoms with van der Waals surface area (Å²) in [6, 6.07) is 13.8. The summed E-state index contributed by atoms with van der Waals surface area (Å²) in [5.74, 6) is -0.0645. The lowest BCUT2D eigenvalue weighted by Gasteiger charge is -2.19. The van der Waals surface area contributed by atoms with Gasteiger partial charge in [0.15, 0.2) is 24.2 Å². The highest BCUT2D eigenvalue weighted by molar-refractivity contribution is 5.95. The lowest BCUT2D eigenvalue weighted by molar-refractivity contribution is -0.152. The Labute approximate surface area is 173 Å². The van der Waals surface area contributed by atoms with Crippen LogP contribution in [-0.2, 0) is 19.1 Å². The number of carbonyl (C=O) groups is 3. The number of hydrogen-bond donors (Lipinski definition) is 2. The molecule has 2 aromatic rings. The van der Waals surface area contributed by atoms with Crippen LogP contribution in [0.15, 0.2) is 48.5 Å². The maximum absolute atomic E-state index is 12.2. The van der Waals surface area contributed by atoms with Crippen LogP contribution in [0.5, 0.6) is 17.2 Å². The Bertz CT molecular complexity index is 901. The van der Waals surface area contributed by atoms with E-state index in [0.29, 0.717) is 36.1 Å². The monoisotopic (exact) mass is 414 g/mol. The van der Waals surface area contributed by atoms with Crippen LogP contribution >= 0.6 is 0 Å². The van der Waals surface area contributed by atoms with Crippen LogP contribution in [0.1, 0.15) is 6.92 Å². The van der Waals surface area contributed by atoms with Crippen molar-refractivity contribution in [3.8, 4) is 17.2 Å².